The van der Waals surface area contributed by atoms with Crippen molar-refractivity contribution < 1.29 is 14.1 Å². The monoisotopic (exact) mass is 344 g/mol. The van der Waals surface area contributed by atoms with Gasteiger partial charge in [0.05, 0.1) is 12.2 Å². The molecule has 1 saturated heterocycles. The number of aromatic nitrogens is 2. The lowest BCUT2D eigenvalue weighted by Gasteiger charge is -2.34. The maximum absolute atomic E-state index is 12.8. The summed E-state index contributed by atoms with van der Waals surface area (Å²) in [7, 11) is 0. The molecule has 0 saturated carbocycles. The van der Waals surface area contributed by atoms with Crippen molar-refractivity contribution in [3.8, 4) is 0 Å². The molecule has 0 bridgehead atoms. The third-order valence-electron chi connectivity index (χ3n) is 4.72. The van der Waals surface area contributed by atoms with Crippen LogP contribution in [0.25, 0.3) is 0 Å². The highest BCUT2D eigenvalue weighted by Crippen LogP contribution is 2.21. The van der Waals surface area contributed by atoms with Crippen molar-refractivity contribution in [1.29, 1.82) is 0 Å². The molecule has 134 valence electrons. The zero-order chi connectivity index (χ0) is 18.1. The van der Waals surface area contributed by atoms with E-state index in [4.69, 9.17) is 4.52 Å². The maximum Gasteiger partial charge on any atom is 0.270 e. The Morgan fingerprint density at radius 1 is 1.20 bits per heavy atom. The van der Waals surface area contributed by atoms with Crippen LogP contribution in [0.1, 0.15) is 50.5 Å². The number of Topliss-reactive ketones (excluding diaryl/α,β-unsaturated/α-hetero) is 1. The highest BCUT2D eigenvalue weighted by atomic mass is 16.5. The number of hydrogen-bond acceptors (Lipinski definition) is 5. The Balaban J connectivity index is 1.64. The smallest absolute Gasteiger partial charge is 0.270 e. The highest BCUT2D eigenvalue weighted by molar-refractivity contribution is 6.02. The molecule has 0 aromatic carbocycles. The average molecular weight is 344 g/mol. The Bertz CT molecular complexity index is 797. The van der Waals surface area contributed by atoms with Gasteiger partial charge in [-0.25, -0.2) is 0 Å². The summed E-state index contributed by atoms with van der Waals surface area (Å²) in [6.45, 7) is 10.7. The number of nitrogens with one attached hydrogen (secondary N) is 1. The largest absolute Gasteiger partial charge is 0.360 e. The first-order valence-corrected chi connectivity index (χ1v) is 8.50. The third-order valence-corrected chi connectivity index (χ3v) is 4.72. The number of carbonyl (C=O) groups is 2. The van der Waals surface area contributed by atoms with Gasteiger partial charge in [-0.1, -0.05) is 5.16 Å². The number of amides is 1. The summed E-state index contributed by atoms with van der Waals surface area (Å²) in [4.78, 5) is 31.7. The van der Waals surface area contributed by atoms with E-state index in [0.29, 0.717) is 30.9 Å². The van der Waals surface area contributed by atoms with Crippen molar-refractivity contribution in [1.82, 2.24) is 19.9 Å². The predicted molar refractivity (Wildman–Crippen MR) is 92.7 cm³/mol. The van der Waals surface area contributed by atoms with Crippen molar-refractivity contribution in [3.63, 3.8) is 0 Å². The summed E-state index contributed by atoms with van der Waals surface area (Å²) in [6.07, 6.45) is 0. The molecule has 1 aliphatic heterocycles. The molecule has 1 aliphatic rings. The van der Waals surface area contributed by atoms with Gasteiger partial charge >= 0.3 is 0 Å². The Kier molecular flexibility index (Phi) is 4.76. The topological polar surface area (TPSA) is 82.4 Å². The minimum absolute atomic E-state index is 0.0162. The van der Waals surface area contributed by atoms with Gasteiger partial charge in [0.15, 0.2) is 11.5 Å². The van der Waals surface area contributed by atoms with Crippen LogP contribution < -0.4 is 0 Å². The van der Waals surface area contributed by atoms with Gasteiger partial charge in [-0.05, 0) is 33.3 Å². The zero-order valence-corrected chi connectivity index (χ0v) is 15.2. The number of ketones is 1. The minimum Gasteiger partial charge on any atom is -0.360 e. The van der Waals surface area contributed by atoms with Crippen LogP contribution in [0, 0.1) is 20.8 Å². The fourth-order valence-corrected chi connectivity index (χ4v) is 3.47. The molecule has 0 unspecified atom stereocenters. The van der Waals surface area contributed by atoms with Crippen LogP contribution in [0.15, 0.2) is 10.6 Å². The van der Waals surface area contributed by atoms with E-state index in [-0.39, 0.29) is 11.7 Å². The van der Waals surface area contributed by atoms with E-state index >= 15 is 0 Å². The van der Waals surface area contributed by atoms with Crippen molar-refractivity contribution in [3.05, 3.63) is 40.0 Å². The van der Waals surface area contributed by atoms with Gasteiger partial charge in [-0.2, -0.15) is 0 Å². The summed E-state index contributed by atoms with van der Waals surface area (Å²) < 4.78 is 5.26. The fourth-order valence-electron chi connectivity index (χ4n) is 3.47. The lowest BCUT2D eigenvalue weighted by Crippen LogP contribution is -2.48. The quantitative estimate of drug-likeness (QED) is 0.859. The van der Waals surface area contributed by atoms with Gasteiger partial charge in [0.1, 0.15) is 5.69 Å². The van der Waals surface area contributed by atoms with Crippen LogP contribution in [0.5, 0.6) is 0 Å². The molecule has 25 heavy (non-hydrogen) atoms. The fraction of sp³-hybridized carbons (Fsp3) is 0.500. The predicted octanol–water partition coefficient (Wildman–Crippen LogP) is 2.09. The van der Waals surface area contributed by atoms with Crippen molar-refractivity contribution >= 4 is 11.7 Å². The number of H-pyrrole nitrogens is 1. The van der Waals surface area contributed by atoms with E-state index in [9.17, 15) is 9.59 Å². The molecule has 3 rings (SSSR count). The Hall–Kier alpha value is -2.41. The Morgan fingerprint density at radius 3 is 2.40 bits per heavy atom. The zero-order valence-electron chi connectivity index (χ0n) is 15.2. The maximum atomic E-state index is 12.8. The molecule has 0 spiro atoms. The molecule has 2 aromatic rings. The van der Waals surface area contributed by atoms with Crippen LogP contribution in [-0.4, -0.2) is 57.8 Å². The summed E-state index contributed by atoms with van der Waals surface area (Å²) in [5.74, 6) is 0.792. The first kappa shape index (κ1) is 17.4. The van der Waals surface area contributed by atoms with Crippen molar-refractivity contribution in [2.75, 3.05) is 26.2 Å². The molecule has 0 atom stereocenters. The van der Waals surface area contributed by atoms with E-state index in [1.165, 1.54) is 6.92 Å². The second-order valence-corrected chi connectivity index (χ2v) is 6.68. The van der Waals surface area contributed by atoms with E-state index in [1.54, 1.807) is 0 Å². The molecule has 7 nitrogen and oxygen atoms in total. The molecule has 1 N–H and O–H groups in total. The van der Waals surface area contributed by atoms with Gasteiger partial charge in [-0.3, -0.25) is 14.5 Å². The van der Waals surface area contributed by atoms with E-state index in [1.807, 2.05) is 31.7 Å². The van der Waals surface area contributed by atoms with E-state index < -0.39 is 0 Å². The summed E-state index contributed by atoms with van der Waals surface area (Å²) in [5, 5.41) is 3.90. The summed E-state index contributed by atoms with van der Waals surface area (Å²) in [5.41, 5.74) is 3.54. The number of carbonyl (C=O) groups excluding carboxylic acids is 2. The van der Waals surface area contributed by atoms with E-state index in [2.05, 4.69) is 15.0 Å². The van der Waals surface area contributed by atoms with Crippen LogP contribution in [0.3, 0.4) is 0 Å². The van der Waals surface area contributed by atoms with Crippen molar-refractivity contribution in [2.45, 2.75) is 34.2 Å². The molecule has 1 amide bonds. The second kappa shape index (κ2) is 6.84. The molecule has 0 radical (unpaired) electrons. The number of aryl methyl sites for hydroxylation is 2. The van der Waals surface area contributed by atoms with Gasteiger partial charge in [-0.15, -0.1) is 0 Å². The summed E-state index contributed by atoms with van der Waals surface area (Å²) in [6, 6.07) is 1.94. The Morgan fingerprint density at radius 2 is 1.88 bits per heavy atom. The minimum atomic E-state index is -0.0386. The second-order valence-electron chi connectivity index (χ2n) is 6.68. The normalized spacial score (nSPS) is 15.6. The van der Waals surface area contributed by atoms with Gasteiger partial charge in [0, 0.05) is 43.5 Å². The number of piperazine rings is 1. The lowest BCUT2D eigenvalue weighted by molar-refractivity contribution is 0.0611. The molecular formula is C18H24N4O3. The SMILES string of the molecule is CC(=O)c1c(C)[nH]c(C(=O)N2CCN(Cc3cc(C)no3)CC2)c1C. The molecule has 2 aromatic heterocycles. The Labute approximate surface area is 147 Å². The molecule has 3 heterocycles. The standard InChI is InChI=1S/C18H24N4O3/c1-11-9-15(25-20-11)10-21-5-7-22(8-6-21)18(24)17-12(2)16(14(4)23)13(3)19-17/h9,19H,5-8,10H2,1-4H3. The first-order chi connectivity index (χ1) is 11.9. The van der Waals surface area contributed by atoms with Crippen LogP contribution in [-0.2, 0) is 6.54 Å². The van der Waals surface area contributed by atoms with Gasteiger partial charge in [0.25, 0.3) is 5.91 Å². The van der Waals surface area contributed by atoms with Crippen LogP contribution in [0.4, 0.5) is 0 Å². The number of aromatic amines is 1. The van der Waals surface area contributed by atoms with Gasteiger partial charge < -0.3 is 14.4 Å². The lowest BCUT2D eigenvalue weighted by atomic mass is 10.1. The van der Waals surface area contributed by atoms with Crippen LogP contribution >= 0.6 is 0 Å². The number of rotatable bonds is 4. The molecule has 7 heteroatoms. The number of nitrogens with zero attached hydrogens (tertiary/aromatic N) is 3. The number of hydrogen-bond donors (Lipinski definition) is 1. The average Bonchev–Trinajstić information content (AvgIpc) is 3.10. The van der Waals surface area contributed by atoms with E-state index in [0.717, 1.165) is 35.8 Å². The molecule has 1 fully saturated rings. The molecule has 0 aliphatic carbocycles. The third kappa shape index (κ3) is 3.51. The summed E-state index contributed by atoms with van der Waals surface area (Å²) >= 11 is 0. The van der Waals surface area contributed by atoms with Crippen molar-refractivity contribution in [2.24, 2.45) is 0 Å². The highest BCUT2D eigenvalue weighted by Gasteiger charge is 2.27. The first-order valence-electron chi connectivity index (χ1n) is 8.50. The van der Waals surface area contributed by atoms with Crippen LogP contribution in [0.2, 0.25) is 0 Å². The molecular weight excluding hydrogens is 320 g/mol. The van der Waals surface area contributed by atoms with Gasteiger partial charge in [0.2, 0.25) is 0 Å².